The van der Waals surface area contributed by atoms with Gasteiger partial charge in [0, 0.05) is 12.6 Å². The summed E-state index contributed by atoms with van der Waals surface area (Å²) in [6, 6.07) is 0.171. The predicted molar refractivity (Wildman–Crippen MR) is 75.9 cm³/mol. The summed E-state index contributed by atoms with van der Waals surface area (Å²) in [6.45, 7) is 10.1. The van der Waals surface area contributed by atoms with Crippen LogP contribution in [0.5, 0.6) is 0 Å². The molecule has 3 nitrogen and oxygen atoms in total. The Morgan fingerprint density at radius 3 is 2.42 bits per heavy atom. The molecule has 0 aliphatic heterocycles. The average molecular weight is 267 g/mol. The van der Waals surface area contributed by atoms with Crippen LogP contribution in [0, 0.1) is 16.7 Å². The highest BCUT2D eigenvalue weighted by Gasteiger charge is 2.62. The fourth-order valence-corrected chi connectivity index (χ4v) is 4.72. The number of hydrogen-bond acceptors (Lipinski definition) is 3. The fraction of sp³-hybridized carbons (Fsp3) is 1.00. The van der Waals surface area contributed by atoms with Gasteiger partial charge in [-0.25, -0.2) is 0 Å². The number of nitrogens with two attached hydrogens (primary N) is 1. The van der Waals surface area contributed by atoms with Crippen LogP contribution in [0.15, 0.2) is 0 Å². The van der Waals surface area contributed by atoms with Crippen LogP contribution >= 0.6 is 0 Å². The van der Waals surface area contributed by atoms with Gasteiger partial charge in [0.25, 0.3) is 0 Å². The maximum Gasteiger partial charge on any atom is 0.0988 e. The van der Waals surface area contributed by atoms with Crippen LogP contribution < -0.4 is 5.73 Å². The Hall–Kier alpha value is -0.120. The van der Waals surface area contributed by atoms with Gasteiger partial charge in [-0.3, -0.25) is 0 Å². The molecule has 3 rings (SSSR count). The van der Waals surface area contributed by atoms with Gasteiger partial charge in [0.15, 0.2) is 0 Å². The minimum absolute atomic E-state index is 0.121. The van der Waals surface area contributed by atoms with Gasteiger partial charge in [-0.2, -0.15) is 0 Å². The molecule has 3 aliphatic carbocycles. The quantitative estimate of drug-likeness (QED) is 0.852. The molecule has 6 unspecified atom stereocenters. The Labute approximate surface area is 117 Å². The molecule has 0 saturated heterocycles. The number of rotatable bonds is 4. The molecule has 0 radical (unpaired) electrons. The van der Waals surface area contributed by atoms with Crippen LogP contribution in [-0.2, 0) is 9.47 Å². The van der Waals surface area contributed by atoms with Crippen LogP contribution in [0.3, 0.4) is 0 Å². The second kappa shape index (κ2) is 4.44. The van der Waals surface area contributed by atoms with E-state index in [2.05, 4.69) is 20.8 Å². The molecule has 0 heterocycles. The predicted octanol–water partition coefficient (Wildman–Crippen LogP) is 2.72. The van der Waals surface area contributed by atoms with Crippen LogP contribution in [0.25, 0.3) is 0 Å². The van der Waals surface area contributed by atoms with Gasteiger partial charge in [-0.1, -0.05) is 20.8 Å². The molecule has 0 spiro atoms. The van der Waals surface area contributed by atoms with Gasteiger partial charge >= 0.3 is 0 Å². The maximum absolute atomic E-state index is 6.45. The molecule has 2 bridgehead atoms. The lowest BCUT2D eigenvalue weighted by Crippen LogP contribution is -2.59. The van der Waals surface area contributed by atoms with Crippen molar-refractivity contribution in [2.75, 3.05) is 6.61 Å². The zero-order valence-corrected chi connectivity index (χ0v) is 12.8. The first kappa shape index (κ1) is 13.8. The highest BCUT2D eigenvalue weighted by Crippen LogP contribution is 2.66. The monoisotopic (exact) mass is 267 g/mol. The molecule has 2 N–H and O–H groups in total. The van der Waals surface area contributed by atoms with Crippen molar-refractivity contribution in [2.45, 2.75) is 77.7 Å². The lowest BCUT2D eigenvalue weighted by Gasteiger charge is -2.47. The minimum atomic E-state index is 0.121. The van der Waals surface area contributed by atoms with Gasteiger partial charge in [-0.15, -0.1) is 0 Å². The molecular weight excluding hydrogens is 238 g/mol. The second-order valence-electron chi connectivity index (χ2n) is 7.59. The third-order valence-electron chi connectivity index (χ3n) is 6.71. The molecule has 3 aliphatic rings. The van der Waals surface area contributed by atoms with E-state index in [-0.39, 0.29) is 18.2 Å². The molecule has 0 aromatic heterocycles. The molecule has 3 saturated carbocycles. The summed E-state index contributed by atoms with van der Waals surface area (Å²) in [5, 5.41) is 0. The van der Waals surface area contributed by atoms with Crippen molar-refractivity contribution in [1.82, 2.24) is 0 Å². The molecule has 3 heteroatoms. The number of fused-ring (bicyclic) bond motifs is 2. The number of ether oxygens (including phenoxy) is 2. The molecule has 19 heavy (non-hydrogen) atoms. The van der Waals surface area contributed by atoms with E-state index in [0.29, 0.717) is 16.9 Å². The van der Waals surface area contributed by atoms with E-state index >= 15 is 0 Å². The van der Waals surface area contributed by atoms with Crippen molar-refractivity contribution in [3.63, 3.8) is 0 Å². The first-order valence-corrected chi connectivity index (χ1v) is 7.93. The maximum atomic E-state index is 6.45. The molecular formula is C16H29NO2. The zero-order valence-electron chi connectivity index (χ0n) is 12.8. The summed E-state index contributed by atoms with van der Waals surface area (Å²) in [6.07, 6.45) is 5.64. The molecule has 0 aromatic carbocycles. The SMILES string of the molecule is CCOC1C(N)CC1OC1CC2CCC1(C)C2(C)C. The van der Waals surface area contributed by atoms with E-state index in [1.54, 1.807) is 0 Å². The molecule has 110 valence electrons. The Balaban J connectivity index is 1.66. The third-order valence-corrected chi connectivity index (χ3v) is 6.71. The third kappa shape index (κ3) is 1.81. The molecule has 0 aromatic rings. The van der Waals surface area contributed by atoms with Crippen LogP contribution in [-0.4, -0.2) is 31.0 Å². The molecule has 6 atom stereocenters. The summed E-state index contributed by atoms with van der Waals surface area (Å²) in [4.78, 5) is 0. The second-order valence-corrected chi connectivity index (χ2v) is 7.59. The smallest absolute Gasteiger partial charge is 0.0988 e. The fourth-order valence-electron chi connectivity index (χ4n) is 4.72. The zero-order chi connectivity index (χ0) is 13.8. The summed E-state index contributed by atoms with van der Waals surface area (Å²) < 4.78 is 12.2. The number of hydrogen-bond donors (Lipinski definition) is 1. The van der Waals surface area contributed by atoms with Crippen LogP contribution in [0.2, 0.25) is 0 Å². The lowest BCUT2D eigenvalue weighted by molar-refractivity contribution is -0.184. The molecule has 3 fully saturated rings. The Morgan fingerprint density at radius 1 is 1.21 bits per heavy atom. The van der Waals surface area contributed by atoms with E-state index in [4.69, 9.17) is 15.2 Å². The Bertz CT molecular complexity index is 357. The van der Waals surface area contributed by atoms with Crippen LogP contribution in [0.4, 0.5) is 0 Å². The average Bonchev–Trinajstić information content (AvgIpc) is 2.68. The van der Waals surface area contributed by atoms with Crippen molar-refractivity contribution in [2.24, 2.45) is 22.5 Å². The standard InChI is InChI=1S/C16H29NO2/c1-5-18-14-11(17)9-12(14)19-13-8-10-6-7-16(13,4)15(10,2)3/h10-14H,5-9,17H2,1-4H3. The first-order chi connectivity index (χ1) is 8.90. The van der Waals surface area contributed by atoms with Gasteiger partial charge < -0.3 is 15.2 Å². The van der Waals surface area contributed by atoms with Gasteiger partial charge in [0.1, 0.15) is 0 Å². The van der Waals surface area contributed by atoms with Crippen molar-refractivity contribution < 1.29 is 9.47 Å². The van der Waals surface area contributed by atoms with E-state index < -0.39 is 0 Å². The molecule has 0 amide bonds. The van der Waals surface area contributed by atoms with Gasteiger partial charge in [-0.05, 0) is 49.4 Å². The van der Waals surface area contributed by atoms with Crippen molar-refractivity contribution in [3.8, 4) is 0 Å². The van der Waals surface area contributed by atoms with Crippen molar-refractivity contribution in [3.05, 3.63) is 0 Å². The van der Waals surface area contributed by atoms with E-state index in [1.807, 2.05) is 6.92 Å². The first-order valence-electron chi connectivity index (χ1n) is 7.93. The largest absolute Gasteiger partial charge is 0.374 e. The normalized spacial score (nSPS) is 51.3. The van der Waals surface area contributed by atoms with Crippen LogP contribution in [0.1, 0.15) is 53.4 Å². The van der Waals surface area contributed by atoms with Gasteiger partial charge in [0.05, 0.1) is 18.3 Å². The van der Waals surface area contributed by atoms with Gasteiger partial charge in [0.2, 0.25) is 0 Å². The minimum Gasteiger partial charge on any atom is -0.374 e. The highest BCUT2D eigenvalue weighted by atomic mass is 16.6. The van der Waals surface area contributed by atoms with E-state index in [1.165, 1.54) is 19.3 Å². The summed E-state index contributed by atoms with van der Waals surface area (Å²) in [5.41, 5.74) is 6.79. The Kier molecular flexibility index (Phi) is 3.23. The van der Waals surface area contributed by atoms with Crippen molar-refractivity contribution in [1.29, 1.82) is 0 Å². The summed E-state index contributed by atoms with van der Waals surface area (Å²) >= 11 is 0. The van der Waals surface area contributed by atoms with Crippen molar-refractivity contribution >= 4 is 0 Å². The summed E-state index contributed by atoms with van der Waals surface area (Å²) in [7, 11) is 0. The van der Waals surface area contributed by atoms with E-state index in [0.717, 1.165) is 18.9 Å². The Morgan fingerprint density at radius 2 is 1.95 bits per heavy atom. The summed E-state index contributed by atoms with van der Waals surface area (Å²) in [5.74, 6) is 0.835. The topological polar surface area (TPSA) is 44.5 Å². The highest BCUT2D eigenvalue weighted by molar-refractivity contribution is 5.12. The lowest BCUT2D eigenvalue weighted by atomic mass is 9.70. The van der Waals surface area contributed by atoms with E-state index in [9.17, 15) is 0 Å².